The second-order valence-corrected chi connectivity index (χ2v) is 4.31. The summed E-state index contributed by atoms with van der Waals surface area (Å²) < 4.78 is 1.44. The zero-order valence-corrected chi connectivity index (χ0v) is 11.2. The first kappa shape index (κ1) is 14.7. The van der Waals surface area contributed by atoms with Crippen molar-refractivity contribution in [2.24, 2.45) is 0 Å². The molecule has 0 aromatic carbocycles. The number of halogens is 1. The van der Waals surface area contributed by atoms with E-state index in [0.717, 1.165) is 13.1 Å². The van der Waals surface area contributed by atoms with Crippen molar-refractivity contribution in [3.63, 3.8) is 0 Å². The number of aromatic nitrogens is 1. The fourth-order valence-electron chi connectivity index (χ4n) is 2.04. The molecule has 5 nitrogen and oxygen atoms in total. The van der Waals surface area contributed by atoms with Gasteiger partial charge in [-0.3, -0.25) is 9.59 Å². The van der Waals surface area contributed by atoms with Crippen molar-refractivity contribution >= 4 is 18.3 Å². The molecule has 1 aromatic heterocycles. The molecule has 1 N–H and O–H groups in total. The third kappa shape index (κ3) is 3.34. The number of carbonyl (C=O) groups is 1. The molecule has 0 saturated carbocycles. The van der Waals surface area contributed by atoms with E-state index in [1.807, 2.05) is 11.8 Å². The van der Waals surface area contributed by atoms with E-state index < -0.39 is 0 Å². The number of pyridine rings is 1. The fraction of sp³-hybridized carbons (Fsp3) is 0.500. The van der Waals surface area contributed by atoms with Crippen molar-refractivity contribution in [2.45, 2.75) is 19.5 Å². The van der Waals surface area contributed by atoms with Crippen LogP contribution in [-0.2, 0) is 11.3 Å². The largest absolute Gasteiger partial charge is 0.336 e. The van der Waals surface area contributed by atoms with Crippen LogP contribution >= 0.6 is 12.4 Å². The van der Waals surface area contributed by atoms with E-state index in [1.165, 1.54) is 10.6 Å². The molecule has 1 aliphatic heterocycles. The molecule has 0 spiro atoms. The predicted octanol–water partition coefficient (Wildman–Crippen LogP) is 0.0904. The summed E-state index contributed by atoms with van der Waals surface area (Å²) in [5.74, 6) is 0.00676. The van der Waals surface area contributed by atoms with Gasteiger partial charge in [0.25, 0.3) is 5.56 Å². The normalized spacial score (nSPS) is 19.2. The summed E-state index contributed by atoms with van der Waals surface area (Å²) in [6.45, 7) is 4.48. The van der Waals surface area contributed by atoms with Gasteiger partial charge in [0, 0.05) is 37.9 Å². The van der Waals surface area contributed by atoms with Gasteiger partial charge in [-0.15, -0.1) is 12.4 Å². The third-order valence-electron chi connectivity index (χ3n) is 3.03. The summed E-state index contributed by atoms with van der Waals surface area (Å²) >= 11 is 0. The number of nitrogens with one attached hydrogen (secondary N) is 1. The van der Waals surface area contributed by atoms with E-state index >= 15 is 0 Å². The highest BCUT2D eigenvalue weighted by Crippen LogP contribution is 2.03. The van der Waals surface area contributed by atoms with Crippen LogP contribution in [0.25, 0.3) is 0 Å². The molecule has 1 saturated heterocycles. The molecule has 1 amide bonds. The lowest BCUT2D eigenvalue weighted by Crippen LogP contribution is -2.53. The summed E-state index contributed by atoms with van der Waals surface area (Å²) in [5, 5.41) is 3.23. The van der Waals surface area contributed by atoms with Gasteiger partial charge in [-0.1, -0.05) is 6.07 Å². The lowest BCUT2D eigenvalue weighted by Gasteiger charge is -2.34. The molecule has 2 heterocycles. The Morgan fingerprint density at radius 1 is 1.50 bits per heavy atom. The van der Waals surface area contributed by atoms with E-state index in [-0.39, 0.29) is 36.5 Å². The summed E-state index contributed by atoms with van der Waals surface area (Å²) in [6.07, 6.45) is 1.65. The van der Waals surface area contributed by atoms with E-state index in [1.54, 1.807) is 18.3 Å². The van der Waals surface area contributed by atoms with Gasteiger partial charge in [-0.25, -0.2) is 0 Å². The molecule has 2 rings (SSSR count). The van der Waals surface area contributed by atoms with Crippen molar-refractivity contribution in [3.8, 4) is 0 Å². The van der Waals surface area contributed by atoms with Gasteiger partial charge in [0.1, 0.15) is 6.54 Å². The van der Waals surface area contributed by atoms with Crippen LogP contribution in [0.5, 0.6) is 0 Å². The van der Waals surface area contributed by atoms with Crippen LogP contribution in [-0.4, -0.2) is 41.1 Å². The van der Waals surface area contributed by atoms with Crippen LogP contribution in [0.1, 0.15) is 6.92 Å². The molecular formula is C12H18ClN3O2. The minimum atomic E-state index is -0.136. The van der Waals surface area contributed by atoms with Gasteiger partial charge in [0.2, 0.25) is 5.91 Å². The molecular weight excluding hydrogens is 254 g/mol. The Morgan fingerprint density at radius 2 is 2.28 bits per heavy atom. The first-order valence-electron chi connectivity index (χ1n) is 5.84. The Balaban J connectivity index is 0.00000162. The van der Waals surface area contributed by atoms with Crippen LogP contribution in [0.15, 0.2) is 29.2 Å². The summed E-state index contributed by atoms with van der Waals surface area (Å²) in [4.78, 5) is 25.4. The average Bonchev–Trinajstić information content (AvgIpc) is 2.32. The fourth-order valence-corrected chi connectivity index (χ4v) is 2.04. The molecule has 1 fully saturated rings. The van der Waals surface area contributed by atoms with Crippen LogP contribution in [0, 0.1) is 0 Å². The van der Waals surface area contributed by atoms with Crippen LogP contribution in [0.2, 0.25) is 0 Å². The third-order valence-corrected chi connectivity index (χ3v) is 3.03. The van der Waals surface area contributed by atoms with Crippen molar-refractivity contribution < 1.29 is 4.79 Å². The number of nitrogens with zero attached hydrogens (tertiary/aromatic N) is 2. The number of hydrogen-bond acceptors (Lipinski definition) is 3. The number of piperazine rings is 1. The molecule has 18 heavy (non-hydrogen) atoms. The van der Waals surface area contributed by atoms with E-state index in [0.29, 0.717) is 6.54 Å². The van der Waals surface area contributed by atoms with Crippen molar-refractivity contribution in [1.82, 2.24) is 14.8 Å². The minimum Gasteiger partial charge on any atom is -0.336 e. The van der Waals surface area contributed by atoms with Gasteiger partial charge in [0.05, 0.1) is 0 Å². The van der Waals surface area contributed by atoms with Gasteiger partial charge < -0.3 is 14.8 Å². The van der Waals surface area contributed by atoms with E-state index in [2.05, 4.69) is 5.32 Å². The molecule has 6 heteroatoms. The molecule has 0 aliphatic carbocycles. The molecule has 1 aromatic rings. The molecule has 0 radical (unpaired) electrons. The smallest absolute Gasteiger partial charge is 0.250 e. The second-order valence-electron chi connectivity index (χ2n) is 4.31. The van der Waals surface area contributed by atoms with Gasteiger partial charge >= 0.3 is 0 Å². The molecule has 100 valence electrons. The Labute approximate surface area is 112 Å². The highest BCUT2D eigenvalue weighted by Gasteiger charge is 2.22. The molecule has 1 aliphatic rings. The maximum absolute atomic E-state index is 12.1. The first-order chi connectivity index (χ1) is 8.18. The summed E-state index contributed by atoms with van der Waals surface area (Å²) in [5.41, 5.74) is -0.136. The molecule has 1 unspecified atom stereocenters. The van der Waals surface area contributed by atoms with Gasteiger partial charge in [-0.2, -0.15) is 0 Å². The van der Waals surface area contributed by atoms with Crippen molar-refractivity contribution in [1.29, 1.82) is 0 Å². The highest BCUT2D eigenvalue weighted by atomic mass is 35.5. The number of rotatable bonds is 2. The lowest BCUT2D eigenvalue weighted by atomic mass is 10.2. The zero-order valence-electron chi connectivity index (χ0n) is 10.3. The van der Waals surface area contributed by atoms with Crippen molar-refractivity contribution in [2.75, 3.05) is 19.6 Å². The maximum Gasteiger partial charge on any atom is 0.250 e. The highest BCUT2D eigenvalue weighted by molar-refractivity contribution is 5.85. The lowest BCUT2D eigenvalue weighted by molar-refractivity contribution is -0.134. The molecule has 0 bridgehead atoms. The Hall–Kier alpha value is -1.33. The topological polar surface area (TPSA) is 54.3 Å². The average molecular weight is 272 g/mol. The van der Waals surface area contributed by atoms with Gasteiger partial charge in [0.15, 0.2) is 0 Å². The van der Waals surface area contributed by atoms with Crippen LogP contribution in [0.4, 0.5) is 0 Å². The quantitative estimate of drug-likeness (QED) is 0.830. The Kier molecular flexibility index (Phi) is 5.37. The van der Waals surface area contributed by atoms with E-state index in [9.17, 15) is 9.59 Å². The Morgan fingerprint density at radius 3 is 2.94 bits per heavy atom. The predicted molar refractivity (Wildman–Crippen MR) is 72.0 cm³/mol. The standard InChI is InChI=1S/C12H17N3O2.ClH/c1-10-8-13-5-7-15(10)12(17)9-14-6-3-2-4-11(14)16;/h2-4,6,10,13H,5,7-9H2,1H3;1H. The van der Waals surface area contributed by atoms with Crippen LogP contribution in [0.3, 0.4) is 0 Å². The maximum atomic E-state index is 12.1. The van der Waals surface area contributed by atoms with Gasteiger partial charge in [-0.05, 0) is 13.0 Å². The zero-order chi connectivity index (χ0) is 12.3. The number of carbonyl (C=O) groups excluding carboxylic acids is 1. The van der Waals surface area contributed by atoms with Crippen molar-refractivity contribution in [3.05, 3.63) is 34.7 Å². The molecule has 1 atom stereocenters. The first-order valence-corrected chi connectivity index (χ1v) is 5.84. The second kappa shape index (κ2) is 6.56. The monoisotopic (exact) mass is 271 g/mol. The van der Waals surface area contributed by atoms with Crippen LogP contribution < -0.4 is 10.9 Å². The summed E-state index contributed by atoms with van der Waals surface area (Å²) in [6, 6.07) is 5.09. The minimum absolute atomic E-state index is 0. The van der Waals surface area contributed by atoms with E-state index in [4.69, 9.17) is 0 Å². The SMILES string of the molecule is CC1CNCCN1C(=O)Cn1ccccc1=O.Cl. The number of amides is 1. The summed E-state index contributed by atoms with van der Waals surface area (Å²) in [7, 11) is 0. The number of hydrogen-bond donors (Lipinski definition) is 1. The Bertz CT molecular complexity index is 461.